The van der Waals surface area contributed by atoms with Crippen LogP contribution < -0.4 is 9.64 Å². The predicted molar refractivity (Wildman–Crippen MR) is 180 cm³/mol. The fourth-order valence-corrected chi connectivity index (χ4v) is 7.84. The number of nitrogens with zero attached hydrogens (tertiary/aromatic N) is 3. The molecule has 1 atom stereocenters. The van der Waals surface area contributed by atoms with E-state index < -0.39 is 5.97 Å². The summed E-state index contributed by atoms with van der Waals surface area (Å²) in [6, 6.07) is 24.9. The molecule has 4 aromatic rings. The molecule has 3 aromatic carbocycles. The van der Waals surface area contributed by atoms with Gasteiger partial charge in [-0.3, -0.25) is 0 Å². The van der Waals surface area contributed by atoms with Gasteiger partial charge in [-0.2, -0.15) is 0 Å². The van der Waals surface area contributed by atoms with E-state index in [-0.39, 0.29) is 7.43 Å². The van der Waals surface area contributed by atoms with Gasteiger partial charge in [0.25, 0.3) is 0 Å². The summed E-state index contributed by atoms with van der Waals surface area (Å²) in [6.45, 7) is 6.77. The quantitative estimate of drug-likeness (QED) is 0.223. The Balaban J connectivity index is 0.00000343. The maximum Gasteiger partial charge on any atom is 0.335 e. The monoisotopic (exact) mass is 593 g/mol. The Morgan fingerprint density at radius 2 is 1.64 bits per heavy atom. The summed E-state index contributed by atoms with van der Waals surface area (Å²) < 4.78 is 8.57. The molecular weight excluding hydrogens is 546 g/mol. The minimum atomic E-state index is -0.860. The lowest BCUT2D eigenvalue weighted by Gasteiger charge is -2.35. The minimum Gasteiger partial charge on any atom is -0.493 e. The molecule has 44 heavy (non-hydrogen) atoms. The van der Waals surface area contributed by atoms with E-state index >= 15 is 0 Å². The Morgan fingerprint density at radius 3 is 2.45 bits per heavy atom. The molecule has 3 heterocycles. The molecular formula is C38H47N3O3. The second-order valence-corrected chi connectivity index (χ2v) is 12.7. The highest BCUT2D eigenvalue weighted by atomic mass is 16.5. The second kappa shape index (κ2) is 13.5. The van der Waals surface area contributed by atoms with Crippen molar-refractivity contribution in [1.29, 1.82) is 0 Å². The molecule has 232 valence electrons. The third-order valence-corrected chi connectivity index (χ3v) is 9.98. The van der Waals surface area contributed by atoms with Crippen LogP contribution in [0.1, 0.15) is 74.2 Å². The Kier molecular flexibility index (Phi) is 9.27. The number of aromatic carboxylic acids is 1. The van der Waals surface area contributed by atoms with Crippen molar-refractivity contribution < 1.29 is 14.6 Å². The van der Waals surface area contributed by atoms with Crippen LogP contribution in [0.5, 0.6) is 5.75 Å². The number of benzene rings is 3. The highest BCUT2D eigenvalue weighted by molar-refractivity contribution is 5.99. The Morgan fingerprint density at radius 1 is 0.841 bits per heavy atom. The van der Waals surface area contributed by atoms with Gasteiger partial charge in [0.15, 0.2) is 0 Å². The average molecular weight is 594 g/mol. The fraction of sp³-hybridized carbons (Fsp3) is 0.447. The fourth-order valence-electron chi connectivity index (χ4n) is 7.84. The summed E-state index contributed by atoms with van der Waals surface area (Å²) in [5, 5.41) is 11.1. The molecule has 0 amide bonds. The number of aromatic nitrogens is 1. The largest absolute Gasteiger partial charge is 0.493 e. The molecule has 2 aliphatic heterocycles. The van der Waals surface area contributed by atoms with E-state index in [0.29, 0.717) is 17.4 Å². The third kappa shape index (κ3) is 6.10. The van der Waals surface area contributed by atoms with Gasteiger partial charge in [-0.1, -0.05) is 69.2 Å². The number of rotatable bonds is 8. The van der Waals surface area contributed by atoms with Crippen LogP contribution in [-0.2, 0) is 6.54 Å². The first-order valence-electron chi connectivity index (χ1n) is 16.3. The lowest BCUT2D eigenvalue weighted by atomic mass is 9.81. The van der Waals surface area contributed by atoms with Crippen LogP contribution in [0, 0.1) is 5.92 Å². The van der Waals surface area contributed by atoms with E-state index in [2.05, 4.69) is 44.7 Å². The summed E-state index contributed by atoms with van der Waals surface area (Å²) in [6.07, 6.45) is 8.71. The van der Waals surface area contributed by atoms with E-state index in [1.807, 2.05) is 36.4 Å². The molecule has 0 unspecified atom stereocenters. The number of carbonyl (C=O) groups is 1. The van der Waals surface area contributed by atoms with E-state index in [1.54, 1.807) is 6.07 Å². The zero-order valence-corrected chi connectivity index (χ0v) is 25.1. The number of hydrogen-bond donors (Lipinski definition) is 1. The van der Waals surface area contributed by atoms with Gasteiger partial charge in [0, 0.05) is 60.8 Å². The van der Waals surface area contributed by atoms with Crippen LogP contribution in [0.15, 0.2) is 72.8 Å². The molecule has 2 fully saturated rings. The van der Waals surface area contributed by atoms with Crippen molar-refractivity contribution in [2.45, 2.75) is 64.8 Å². The summed E-state index contributed by atoms with van der Waals surface area (Å²) >= 11 is 0. The molecule has 1 aliphatic carbocycles. The molecule has 1 aromatic heterocycles. The first-order chi connectivity index (χ1) is 21.2. The van der Waals surface area contributed by atoms with Crippen molar-refractivity contribution in [2.24, 2.45) is 5.92 Å². The highest BCUT2D eigenvalue weighted by Crippen LogP contribution is 2.47. The summed E-state index contributed by atoms with van der Waals surface area (Å²) in [5.74, 6) is 1.17. The van der Waals surface area contributed by atoms with Gasteiger partial charge in [-0.15, -0.1) is 0 Å². The average Bonchev–Trinajstić information content (AvgIpc) is 3.29. The number of ether oxygens (including phenoxy) is 1. The highest BCUT2D eigenvalue weighted by Gasteiger charge is 2.31. The van der Waals surface area contributed by atoms with Gasteiger partial charge >= 0.3 is 5.97 Å². The van der Waals surface area contributed by atoms with Gasteiger partial charge in [0.2, 0.25) is 0 Å². The molecule has 1 saturated carbocycles. The summed E-state index contributed by atoms with van der Waals surface area (Å²) in [5.41, 5.74) is 6.80. The van der Waals surface area contributed by atoms with Crippen LogP contribution in [0.3, 0.4) is 0 Å². The van der Waals surface area contributed by atoms with Gasteiger partial charge in [0.05, 0.1) is 17.9 Å². The Bertz CT molecular complexity index is 1570. The molecule has 6 heteroatoms. The van der Waals surface area contributed by atoms with E-state index in [1.165, 1.54) is 72.8 Å². The molecule has 7 rings (SSSR count). The Hall–Kier alpha value is -3.77. The third-order valence-electron chi connectivity index (χ3n) is 9.98. The molecule has 0 bridgehead atoms. The number of para-hydroxylation sites is 2. The van der Waals surface area contributed by atoms with Crippen molar-refractivity contribution in [3.63, 3.8) is 0 Å². The topological polar surface area (TPSA) is 57.9 Å². The number of likely N-dealkylation sites (tertiary alicyclic amines) is 1. The SMILES string of the molecule is C.O=C(O)c1ccc2c(C3CCCCC3)c3n(c2c1)CCN(CCN1CCC[C@@H](COc2ccccc2)C1)c1ccccc1-3. The van der Waals surface area contributed by atoms with Gasteiger partial charge < -0.3 is 24.2 Å². The van der Waals surface area contributed by atoms with Gasteiger partial charge in [0.1, 0.15) is 5.75 Å². The lowest BCUT2D eigenvalue weighted by Crippen LogP contribution is -2.42. The van der Waals surface area contributed by atoms with E-state index in [0.717, 1.165) is 57.1 Å². The predicted octanol–water partition coefficient (Wildman–Crippen LogP) is 8.30. The van der Waals surface area contributed by atoms with Crippen LogP contribution in [0.25, 0.3) is 22.2 Å². The molecule has 3 aliphatic rings. The van der Waals surface area contributed by atoms with Crippen LogP contribution >= 0.6 is 0 Å². The maximum atomic E-state index is 12.0. The summed E-state index contributed by atoms with van der Waals surface area (Å²) in [7, 11) is 0. The zero-order valence-electron chi connectivity index (χ0n) is 25.1. The van der Waals surface area contributed by atoms with Crippen molar-refractivity contribution in [1.82, 2.24) is 9.47 Å². The van der Waals surface area contributed by atoms with Crippen molar-refractivity contribution >= 4 is 22.6 Å². The van der Waals surface area contributed by atoms with Crippen molar-refractivity contribution in [2.75, 3.05) is 44.2 Å². The first-order valence-corrected chi connectivity index (χ1v) is 16.3. The number of hydrogen-bond acceptors (Lipinski definition) is 4. The van der Waals surface area contributed by atoms with Crippen molar-refractivity contribution in [3.05, 3.63) is 83.9 Å². The number of carboxylic acid groups (broad SMARTS) is 1. The van der Waals surface area contributed by atoms with E-state index in [4.69, 9.17) is 4.74 Å². The lowest BCUT2D eigenvalue weighted by molar-refractivity contribution is 0.0697. The van der Waals surface area contributed by atoms with Crippen LogP contribution in [-0.4, -0.2) is 59.9 Å². The number of carboxylic acids is 1. The van der Waals surface area contributed by atoms with Gasteiger partial charge in [-0.25, -0.2) is 4.79 Å². The number of piperidine rings is 1. The molecule has 6 nitrogen and oxygen atoms in total. The minimum absolute atomic E-state index is 0. The van der Waals surface area contributed by atoms with Gasteiger partial charge in [-0.05, 0) is 74.0 Å². The normalized spacial score (nSPS) is 19.1. The summed E-state index contributed by atoms with van der Waals surface area (Å²) in [4.78, 5) is 17.2. The maximum absolute atomic E-state index is 12.0. The standard InChI is InChI=1S/C37H43N3O3.CH4/c41-37(42)29-17-18-31-34(24-29)40-23-22-39(21-20-38-19-9-10-27(25-38)26-43-30-13-5-2-6-14-30)33-16-8-7-15-32(33)36(40)35(31)28-11-3-1-4-12-28;/h2,5-8,13-18,24,27-28H,1,3-4,9-12,19-23,25-26H2,(H,41,42);1H4/t27-;/m1./s1. The van der Waals surface area contributed by atoms with Crippen LogP contribution in [0.4, 0.5) is 5.69 Å². The molecule has 1 saturated heterocycles. The van der Waals surface area contributed by atoms with E-state index in [9.17, 15) is 9.90 Å². The molecule has 1 N–H and O–H groups in total. The van der Waals surface area contributed by atoms with Crippen LogP contribution in [0.2, 0.25) is 0 Å². The molecule has 0 spiro atoms. The Labute approximate surface area is 262 Å². The molecule has 0 radical (unpaired) electrons. The zero-order chi connectivity index (χ0) is 29.2. The number of fused-ring (bicyclic) bond motifs is 5. The number of anilines is 1. The smallest absolute Gasteiger partial charge is 0.335 e. The first kappa shape index (κ1) is 30.3. The second-order valence-electron chi connectivity index (χ2n) is 12.7. The van der Waals surface area contributed by atoms with Crippen molar-refractivity contribution in [3.8, 4) is 17.0 Å².